The van der Waals surface area contributed by atoms with Crippen LogP contribution < -0.4 is 10.5 Å². The summed E-state index contributed by atoms with van der Waals surface area (Å²) >= 11 is 6.17. The zero-order chi connectivity index (χ0) is 14.8. The zero-order valence-electron chi connectivity index (χ0n) is 11.1. The van der Waals surface area contributed by atoms with E-state index in [0.29, 0.717) is 22.1 Å². The SMILES string of the molecule is NCc1cc(F)cc(Oc2ccc(Cl)c3ccccc23)c1. The predicted octanol–water partition coefficient (Wildman–Crippen LogP) is 4.88. The van der Waals surface area contributed by atoms with Crippen LogP contribution in [0.4, 0.5) is 4.39 Å². The first kappa shape index (κ1) is 13.9. The van der Waals surface area contributed by atoms with Gasteiger partial charge in [0.2, 0.25) is 0 Å². The zero-order valence-corrected chi connectivity index (χ0v) is 11.9. The third-order valence-corrected chi connectivity index (χ3v) is 3.56. The van der Waals surface area contributed by atoms with Gasteiger partial charge in [0.15, 0.2) is 0 Å². The molecule has 3 aromatic carbocycles. The number of hydrogen-bond acceptors (Lipinski definition) is 2. The van der Waals surface area contributed by atoms with E-state index in [1.165, 1.54) is 12.1 Å². The van der Waals surface area contributed by atoms with Gasteiger partial charge in [0.05, 0.1) is 0 Å². The van der Waals surface area contributed by atoms with Crippen molar-refractivity contribution in [2.45, 2.75) is 6.54 Å². The van der Waals surface area contributed by atoms with E-state index in [9.17, 15) is 4.39 Å². The van der Waals surface area contributed by atoms with Crippen LogP contribution >= 0.6 is 11.6 Å². The van der Waals surface area contributed by atoms with Crippen LogP contribution in [0.2, 0.25) is 5.02 Å². The molecule has 0 heterocycles. The molecule has 0 aliphatic carbocycles. The lowest BCUT2D eigenvalue weighted by Crippen LogP contribution is -1.97. The minimum absolute atomic E-state index is 0.259. The first-order chi connectivity index (χ1) is 10.2. The number of halogens is 2. The molecule has 0 fully saturated rings. The Morgan fingerprint density at radius 1 is 1.00 bits per heavy atom. The van der Waals surface area contributed by atoms with Gasteiger partial charge in [-0.3, -0.25) is 0 Å². The summed E-state index contributed by atoms with van der Waals surface area (Å²) in [7, 11) is 0. The Morgan fingerprint density at radius 2 is 1.76 bits per heavy atom. The molecule has 0 saturated carbocycles. The molecule has 0 bridgehead atoms. The van der Waals surface area contributed by atoms with Gasteiger partial charge >= 0.3 is 0 Å². The lowest BCUT2D eigenvalue weighted by molar-refractivity contribution is 0.481. The van der Waals surface area contributed by atoms with Gasteiger partial charge in [0.25, 0.3) is 0 Å². The van der Waals surface area contributed by atoms with E-state index in [0.717, 1.165) is 10.8 Å². The fraction of sp³-hybridized carbons (Fsp3) is 0.0588. The summed E-state index contributed by atoms with van der Waals surface area (Å²) in [6.07, 6.45) is 0. The Labute approximate surface area is 126 Å². The lowest BCUT2D eigenvalue weighted by atomic mass is 10.1. The Bertz CT molecular complexity index is 804. The second kappa shape index (κ2) is 5.72. The van der Waals surface area contributed by atoms with Gasteiger partial charge in [-0.1, -0.05) is 35.9 Å². The minimum atomic E-state index is -0.369. The van der Waals surface area contributed by atoms with E-state index in [2.05, 4.69) is 0 Å². The molecule has 0 aliphatic rings. The summed E-state index contributed by atoms with van der Waals surface area (Å²) in [6.45, 7) is 0.259. The van der Waals surface area contributed by atoms with Gasteiger partial charge in [0, 0.05) is 28.4 Å². The number of benzene rings is 3. The van der Waals surface area contributed by atoms with Crippen molar-refractivity contribution in [3.63, 3.8) is 0 Å². The van der Waals surface area contributed by atoms with Gasteiger partial charge in [-0.15, -0.1) is 0 Å². The van der Waals surface area contributed by atoms with Gasteiger partial charge in [-0.2, -0.15) is 0 Å². The maximum Gasteiger partial charge on any atom is 0.135 e. The first-order valence-electron chi connectivity index (χ1n) is 6.52. The van der Waals surface area contributed by atoms with Crippen LogP contribution in [0.3, 0.4) is 0 Å². The molecule has 0 spiro atoms. The van der Waals surface area contributed by atoms with Crippen LogP contribution in [0.1, 0.15) is 5.56 Å². The highest BCUT2D eigenvalue weighted by Crippen LogP contribution is 2.34. The second-order valence-corrected chi connectivity index (χ2v) is 5.10. The first-order valence-corrected chi connectivity index (χ1v) is 6.90. The maximum atomic E-state index is 13.5. The largest absolute Gasteiger partial charge is 0.457 e. The molecule has 0 amide bonds. The topological polar surface area (TPSA) is 35.2 Å². The maximum absolute atomic E-state index is 13.5. The van der Waals surface area contributed by atoms with Gasteiger partial charge in [0.1, 0.15) is 17.3 Å². The molecule has 2 N–H and O–H groups in total. The van der Waals surface area contributed by atoms with Crippen LogP contribution in [0, 0.1) is 5.82 Å². The van der Waals surface area contributed by atoms with Crippen molar-refractivity contribution < 1.29 is 9.13 Å². The summed E-state index contributed by atoms with van der Waals surface area (Å²) in [5.74, 6) is 0.678. The van der Waals surface area contributed by atoms with Crippen molar-refractivity contribution in [2.24, 2.45) is 5.73 Å². The average molecular weight is 302 g/mol. The molecule has 0 atom stereocenters. The predicted molar refractivity (Wildman–Crippen MR) is 83.3 cm³/mol. The Balaban J connectivity index is 2.06. The number of rotatable bonds is 3. The molecule has 2 nitrogen and oxygen atoms in total. The molecule has 3 rings (SSSR count). The molecule has 3 aromatic rings. The molecule has 0 radical (unpaired) electrons. The van der Waals surface area contributed by atoms with Crippen molar-refractivity contribution in [3.8, 4) is 11.5 Å². The molecular weight excluding hydrogens is 289 g/mol. The highest BCUT2D eigenvalue weighted by Gasteiger charge is 2.08. The van der Waals surface area contributed by atoms with Crippen molar-refractivity contribution in [2.75, 3.05) is 0 Å². The smallest absolute Gasteiger partial charge is 0.135 e. The van der Waals surface area contributed by atoms with Crippen LogP contribution in [0.15, 0.2) is 54.6 Å². The number of nitrogens with two attached hydrogens (primary N) is 1. The van der Waals surface area contributed by atoms with Crippen molar-refractivity contribution >= 4 is 22.4 Å². The molecule has 21 heavy (non-hydrogen) atoms. The van der Waals surface area contributed by atoms with Gasteiger partial charge in [-0.25, -0.2) is 4.39 Å². The van der Waals surface area contributed by atoms with E-state index >= 15 is 0 Å². The Morgan fingerprint density at radius 3 is 2.52 bits per heavy atom. The second-order valence-electron chi connectivity index (χ2n) is 4.69. The molecule has 106 valence electrons. The Kier molecular flexibility index (Phi) is 3.78. The summed E-state index contributed by atoms with van der Waals surface area (Å²) < 4.78 is 19.4. The van der Waals surface area contributed by atoms with Crippen molar-refractivity contribution in [1.29, 1.82) is 0 Å². The standard InChI is InChI=1S/C17H13ClFNO/c18-16-5-6-17(15-4-2-1-3-14(15)16)21-13-8-11(10-20)7-12(19)9-13/h1-9H,10,20H2. The molecule has 0 aliphatic heterocycles. The number of ether oxygens (including phenoxy) is 1. The highest BCUT2D eigenvalue weighted by molar-refractivity contribution is 6.35. The number of fused-ring (bicyclic) bond motifs is 1. The van der Waals surface area contributed by atoms with Crippen LogP contribution in [0.25, 0.3) is 10.8 Å². The van der Waals surface area contributed by atoms with Crippen LogP contribution in [0.5, 0.6) is 11.5 Å². The van der Waals surface area contributed by atoms with Gasteiger partial charge in [-0.05, 0) is 29.8 Å². The molecule has 0 saturated heterocycles. The lowest BCUT2D eigenvalue weighted by Gasteiger charge is -2.11. The van der Waals surface area contributed by atoms with Crippen LogP contribution in [-0.2, 0) is 6.54 Å². The Hall–Kier alpha value is -2.10. The molecule has 0 aromatic heterocycles. The normalized spacial score (nSPS) is 10.8. The molecule has 4 heteroatoms. The van der Waals surface area contributed by atoms with Crippen molar-refractivity contribution in [3.05, 3.63) is 71.0 Å². The molecular formula is C17H13ClFNO. The fourth-order valence-corrected chi connectivity index (χ4v) is 2.48. The molecule has 0 unspecified atom stereocenters. The third kappa shape index (κ3) is 2.84. The quantitative estimate of drug-likeness (QED) is 0.748. The summed E-state index contributed by atoms with van der Waals surface area (Å²) in [5.41, 5.74) is 6.24. The average Bonchev–Trinajstić information content (AvgIpc) is 2.50. The minimum Gasteiger partial charge on any atom is -0.457 e. The summed E-state index contributed by atoms with van der Waals surface area (Å²) in [5, 5.41) is 2.43. The van der Waals surface area contributed by atoms with Gasteiger partial charge < -0.3 is 10.5 Å². The highest BCUT2D eigenvalue weighted by atomic mass is 35.5. The van der Waals surface area contributed by atoms with E-state index < -0.39 is 0 Å². The van der Waals surface area contributed by atoms with E-state index in [4.69, 9.17) is 22.1 Å². The third-order valence-electron chi connectivity index (χ3n) is 3.23. The van der Waals surface area contributed by atoms with Crippen LogP contribution in [-0.4, -0.2) is 0 Å². The monoisotopic (exact) mass is 301 g/mol. The van der Waals surface area contributed by atoms with Crippen molar-refractivity contribution in [1.82, 2.24) is 0 Å². The fourth-order valence-electron chi connectivity index (χ4n) is 2.25. The van der Waals surface area contributed by atoms with E-state index in [1.807, 2.05) is 24.3 Å². The summed E-state index contributed by atoms with van der Waals surface area (Å²) in [6, 6.07) is 15.7. The number of hydrogen-bond donors (Lipinski definition) is 1. The van der Waals surface area contributed by atoms with E-state index in [-0.39, 0.29) is 12.4 Å². The summed E-state index contributed by atoms with van der Waals surface area (Å²) in [4.78, 5) is 0. The van der Waals surface area contributed by atoms with E-state index in [1.54, 1.807) is 18.2 Å².